The molecule has 0 saturated heterocycles. The highest BCUT2D eigenvalue weighted by molar-refractivity contribution is 8.14. The topological polar surface area (TPSA) is 34.1 Å². The first-order chi connectivity index (χ1) is 5.34. The average molecular weight is 211 g/mol. The van der Waals surface area contributed by atoms with Gasteiger partial charge in [0.2, 0.25) is 9.05 Å². The van der Waals surface area contributed by atoms with Gasteiger partial charge in [0.15, 0.2) is 0 Å². The first kappa shape index (κ1) is 10.3. The summed E-state index contributed by atoms with van der Waals surface area (Å²) in [5, 5.41) is -0.347. The van der Waals surface area contributed by atoms with Gasteiger partial charge in [-0.05, 0) is 18.3 Å². The second kappa shape index (κ2) is 3.18. The van der Waals surface area contributed by atoms with E-state index in [2.05, 4.69) is 0 Å². The Balaban J connectivity index is 2.88. The van der Waals surface area contributed by atoms with Gasteiger partial charge in [-0.2, -0.15) is 0 Å². The van der Waals surface area contributed by atoms with E-state index in [9.17, 15) is 8.42 Å². The summed E-state index contributed by atoms with van der Waals surface area (Å²) in [5.41, 5.74) is -0.140. The molecule has 0 aromatic heterocycles. The molecule has 0 aromatic rings. The van der Waals surface area contributed by atoms with Crippen LogP contribution in [-0.4, -0.2) is 13.7 Å². The maximum absolute atomic E-state index is 11.2. The van der Waals surface area contributed by atoms with E-state index >= 15 is 0 Å². The highest BCUT2D eigenvalue weighted by atomic mass is 35.7. The summed E-state index contributed by atoms with van der Waals surface area (Å²) >= 11 is 0. The molecular formula is C8H15ClO2S. The van der Waals surface area contributed by atoms with Crippen LogP contribution in [-0.2, 0) is 9.05 Å². The molecule has 1 aliphatic rings. The Morgan fingerprint density at radius 2 is 1.92 bits per heavy atom. The second-order valence-electron chi connectivity index (χ2n) is 4.20. The molecule has 0 N–H and O–H groups in total. The first-order valence-electron chi connectivity index (χ1n) is 4.27. The molecule has 0 amide bonds. The van der Waals surface area contributed by atoms with Crippen LogP contribution < -0.4 is 0 Å². The molecular weight excluding hydrogens is 196 g/mol. The summed E-state index contributed by atoms with van der Waals surface area (Å²) in [7, 11) is 2.01. The second-order valence-corrected chi connectivity index (χ2v) is 7.01. The third-order valence-electron chi connectivity index (χ3n) is 2.75. The molecule has 2 nitrogen and oxygen atoms in total. The first-order valence-corrected chi connectivity index (χ1v) is 6.65. The van der Waals surface area contributed by atoms with Gasteiger partial charge < -0.3 is 0 Å². The molecule has 0 radical (unpaired) electrons. The van der Waals surface area contributed by atoms with Gasteiger partial charge in [-0.25, -0.2) is 8.42 Å². The van der Waals surface area contributed by atoms with Gasteiger partial charge in [-0.1, -0.05) is 26.7 Å². The highest BCUT2D eigenvalue weighted by Gasteiger charge is 2.39. The highest BCUT2D eigenvalue weighted by Crippen LogP contribution is 2.40. The van der Waals surface area contributed by atoms with Crippen molar-refractivity contribution in [2.75, 3.05) is 0 Å². The van der Waals surface area contributed by atoms with Crippen molar-refractivity contribution in [1.82, 2.24) is 0 Å². The molecule has 4 heteroatoms. The van der Waals surface area contributed by atoms with Crippen molar-refractivity contribution in [1.29, 1.82) is 0 Å². The average Bonchev–Trinajstić information content (AvgIpc) is 1.83. The van der Waals surface area contributed by atoms with Crippen LogP contribution in [0.2, 0.25) is 0 Å². The van der Waals surface area contributed by atoms with Gasteiger partial charge in [0.1, 0.15) is 0 Å². The van der Waals surface area contributed by atoms with E-state index in [0.29, 0.717) is 0 Å². The van der Waals surface area contributed by atoms with Gasteiger partial charge in [0.05, 0.1) is 5.25 Å². The number of rotatable bonds is 1. The lowest BCUT2D eigenvalue weighted by atomic mass is 9.77. The van der Waals surface area contributed by atoms with E-state index in [0.717, 1.165) is 25.7 Å². The molecule has 1 saturated carbocycles. The Labute approximate surface area is 78.7 Å². The standard InChI is InChI=1S/C8H15ClO2S/c1-8(2)6-4-3-5-7(8)12(9,10)11/h7H,3-6H2,1-2H3/t7-/m1/s1. The molecule has 12 heavy (non-hydrogen) atoms. The minimum atomic E-state index is -3.36. The molecule has 1 rings (SSSR count). The van der Waals surface area contributed by atoms with Gasteiger partial charge in [-0.3, -0.25) is 0 Å². The predicted molar refractivity (Wildman–Crippen MR) is 50.8 cm³/mol. The Kier molecular flexibility index (Phi) is 2.74. The van der Waals surface area contributed by atoms with E-state index in [1.54, 1.807) is 0 Å². The lowest BCUT2D eigenvalue weighted by Crippen LogP contribution is -2.36. The van der Waals surface area contributed by atoms with Crippen LogP contribution >= 0.6 is 10.7 Å². The molecule has 0 bridgehead atoms. The van der Waals surface area contributed by atoms with Crippen LogP contribution in [0.5, 0.6) is 0 Å². The van der Waals surface area contributed by atoms with E-state index < -0.39 is 9.05 Å². The van der Waals surface area contributed by atoms with Crippen molar-refractivity contribution in [2.24, 2.45) is 5.41 Å². The van der Waals surface area contributed by atoms with Crippen molar-refractivity contribution in [2.45, 2.75) is 44.8 Å². The fourth-order valence-corrected chi connectivity index (χ4v) is 4.30. The minimum absolute atomic E-state index is 0.140. The molecule has 1 aliphatic carbocycles. The fourth-order valence-electron chi connectivity index (χ4n) is 1.98. The smallest absolute Gasteiger partial charge is 0.212 e. The van der Waals surface area contributed by atoms with Crippen LogP contribution in [0.4, 0.5) is 0 Å². The lowest BCUT2D eigenvalue weighted by Gasteiger charge is -2.36. The van der Waals surface area contributed by atoms with Gasteiger partial charge in [0.25, 0.3) is 0 Å². The molecule has 0 aromatic carbocycles. The maximum Gasteiger partial charge on any atom is 0.235 e. The molecule has 0 spiro atoms. The molecule has 0 aliphatic heterocycles. The van der Waals surface area contributed by atoms with E-state index in [1.165, 1.54) is 0 Å². The Morgan fingerprint density at radius 1 is 1.33 bits per heavy atom. The zero-order chi connectivity index (χ0) is 9.41. The summed E-state index contributed by atoms with van der Waals surface area (Å²) in [6, 6.07) is 0. The summed E-state index contributed by atoms with van der Waals surface area (Å²) in [4.78, 5) is 0. The molecule has 0 unspecified atom stereocenters. The number of halogens is 1. The third-order valence-corrected chi connectivity index (χ3v) is 4.95. The quantitative estimate of drug-likeness (QED) is 0.624. The van der Waals surface area contributed by atoms with Gasteiger partial charge in [-0.15, -0.1) is 0 Å². The van der Waals surface area contributed by atoms with E-state index in [-0.39, 0.29) is 10.7 Å². The Bertz CT molecular complexity index is 256. The summed E-state index contributed by atoms with van der Waals surface area (Å²) in [6.07, 6.45) is 3.79. The fraction of sp³-hybridized carbons (Fsp3) is 1.00. The Hall–Kier alpha value is 0.240. The molecule has 0 heterocycles. The van der Waals surface area contributed by atoms with Crippen molar-refractivity contribution in [3.63, 3.8) is 0 Å². The summed E-state index contributed by atoms with van der Waals surface area (Å²) in [5.74, 6) is 0. The largest absolute Gasteiger partial charge is 0.235 e. The molecule has 1 fully saturated rings. The predicted octanol–water partition coefficient (Wildman–Crippen LogP) is 2.52. The van der Waals surface area contributed by atoms with Crippen molar-refractivity contribution in [3.8, 4) is 0 Å². The Morgan fingerprint density at radius 3 is 2.25 bits per heavy atom. The van der Waals surface area contributed by atoms with E-state index in [4.69, 9.17) is 10.7 Å². The molecule has 1 atom stereocenters. The summed E-state index contributed by atoms with van der Waals surface area (Å²) < 4.78 is 22.3. The third kappa shape index (κ3) is 2.13. The van der Waals surface area contributed by atoms with Crippen molar-refractivity contribution >= 4 is 19.7 Å². The summed E-state index contributed by atoms with van der Waals surface area (Å²) in [6.45, 7) is 3.97. The maximum atomic E-state index is 11.2. The van der Waals surface area contributed by atoms with Crippen LogP contribution in [0, 0.1) is 5.41 Å². The lowest BCUT2D eigenvalue weighted by molar-refractivity contribution is 0.249. The van der Waals surface area contributed by atoms with Crippen molar-refractivity contribution in [3.05, 3.63) is 0 Å². The zero-order valence-corrected chi connectivity index (χ0v) is 9.08. The van der Waals surface area contributed by atoms with Crippen LogP contribution in [0.3, 0.4) is 0 Å². The van der Waals surface area contributed by atoms with E-state index in [1.807, 2.05) is 13.8 Å². The minimum Gasteiger partial charge on any atom is -0.212 e. The number of hydrogen-bond donors (Lipinski definition) is 0. The van der Waals surface area contributed by atoms with Crippen LogP contribution in [0.1, 0.15) is 39.5 Å². The van der Waals surface area contributed by atoms with Crippen molar-refractivity contribution < 1.29 is 8.42 Å². The monoisotopic (exact) mass is 210 g/mol. The SMILES string of the molecule is CC1(C)CCCC[C@H]1S(=O)(=O)Cl. The molecule has 72 valence electrons. The zero-order valence-electron chi connectivity index (χ0n) is 7.51. The normalized spacial score (nSPS) is 30.1. The van der Waals surface area contributed by atoms with Crippen LogP contribution in [0.15, 0.2) is 0 Å². The number of hydrogen-bond acceptors (Lipinski definition) is 2. The van der Waals surface area contributed by atoms with Gasteiger partial charge >= 0.3 is 0 Å². The van der Waals surface area contributed by atoms with Gasteiger partial charge in [0, 0.05) is 10.7 Å². The van der Waals surface area contributed by atoms with Crippen LogP contribution in [0.25, 0.3) is 0 Å².